The van der Waals surface area contributed by atoms with Crippen molar-refractivity contribution in [2.75, 3.05) is 19.5 Å². The van der Waals surface area contributed by atoms with Crippen molar-refractivity contribution in [3.63, 3.8) is 0 Å². The minimum atomic E-state index is 0.0937. The summed E-state index contributed by atoms with van der Waals surface area (Å²) in [6.45, 7) is 1.35. The third-order valence-electron chi connectivity index (χ3n) is 3.93. The first kappa shape index (κ1) is 17.4. The first-order chi connectivity index (χ1) is 12.7. The Labute approximate surface area is 163 Å². The standard InChI is InChI=1S/C18H17N3O2S3/c1-24-18-11(8-15(26-18)16(19)20)17-21-12(9-25-17)10-3-4-13-14(7-10)23-6-2-5-22-13/h3-4,7-9H,2,5-6H2,1H3,(H3,19,20). The number of rotatable bonds is 4. The van der Waals surface area contributed by atoms with Crippen LogP contribution in [0.5, 0.6) is 11.5 Å². The second-order valence-electron chi connectivity index (χ2n) is 5.68. The number of nitrogen functional groups attached to an aromatic ring is 1. The minimum Gasteiger partial charge on any atom is -0.490 e. The number of ether oxygens (including phenoxy) is 2. The maximum Gasteiger partial charge on any atom is 0.161 e. The normalized spacial score (nSPS) is 13.4. The molecule has 0 radical (unpaired) electrons. The summed E-state index contributed by atoms with van der Waals surface area (Å²) in [4.78, 5) is 5.58. The molecule has 0 spiro atoms. The van der Waals surface area contributed by atoms with Crippen LogP contribution < -0.4 is 15.2 Å². The van der Waals surface area contributed by atoms with Crippen LogP contribution in [0.25, 0.3) is 21.8 Å². The highest BCUT2D eigenvalue weighted by Crippen LogP contribution is 2.41. The molecule has 3 N–H and O–H groups in total. The van der Waals surface area contributed by atoms with Crippen molar-refractivity contribution in [1.29, 1.82) is 5.41 Å². The van der Waals surface area contributed by atoms with E-state index >= 15 is 0 Å². The van der Waals surface area contributed by atoms with Gasteiger partial charge in [0, 0.05) is 22.9 Å². The van der Waals surface area contributed by atoms with Crippen LogP contribution in [-0.4, -0.2) is 30.3 Å². The average molecular weight is 404 g/mol. The van der Waals surface area contributed by atoms with Crippen LogP contribution in [-0.2, 0) is 0 Å². The highest BCUT2D eigenvalue weighted by molar-refractivity contribution is 8.00. The van der Waals surface area contributed by atoms with Gasteiger partial charge in [0.2, 0.25) is 0 Å². The Balaban J connectivity index is 1.69. The first-order valence-electron chi connectivity index (χ1n) is 8.04. The number of hydrogen-bond donors (Lipinski definition) is 2. The number of nitrogens with one attached hydrogen (secondary N) is 1. The number of aromatic nitrogens is 1. The molecule has 8 heteroatoms. The van der Waals surface area contributed by atoms with Gasteiger partial charge < -0.3 is 15.2 Å². The lowest BCUT2D eigenvalue weighted by Crippen LogP contribution is -2.08. The van der Waals surface area contributed by atoms with Crippen LogP contribution in [0.1, 0.15) is 11.3 Å². The Hall–Kier alpha value is -2.03. The van der Waals surface area contributed by atoms with Gasteiger partial charge in [-0.05, 0) is 30.5 Å². The molecule has 0 saturated heterocycles. The number of nitrogens with zero attached hydrogens (tertiary/aromatic N) is 1. The summed E-state index contributed by atoms with van der Waals surface area (Å²) in [7, 11) is 0. The molecule has 4 rings (SSSR count). The van der Waals surface area contributed by atoms with Crippen molar-refractivity contribution in [3.8, 4) is 33.3 Å². The number of nitrogens with two attached hydrogens (primary N) is 1. The van der Waals surface area contributed by atoms with E-state index < -0.39 is 0 Å². The monoisotopic (exact) mass is 403 g/mol. The molecule has 3 heterocycles. The van der Waals surface area contributed by atoms with Gasteiger partial charge in [-0.1, -0.05) is 0 Å². The van der Waals surface area contributed by atoms with Crippen molar-refractivity contribution < 1.29 is 9.47 Å². The molecular formula is C18H17N3O2S3. The fourth-order valence-electron chi connectivity index (χ4n) is 2.66. The number of benzene rings is 1. The summed E-state index contributed by atoms with van der Waals surface area (Å²) in [5.41, 5.74) is 8.59. The van der Waals surface area contributed by atoms with Crippen LogP contribution in [0, 0.1) is 5.41 Å². The summed E-state index contributed by atoms with van der Waals surface area (Å²) >= 11 is 4.78. The number of hydrogen-bond acceptors (Lipinski definition) is 7. The average Bonchev–Trinajstić information content (AvgIpc) is 3.23. The first-order valence-corrected chi connectivity index (χ1v) is 11.0. The summed E-state index contributed by atoms with van der Waals surface area (Å²) in [5.74, 6) is 1.65. The van der Waals surface area contributed by atoms with Gasteiger partial charge >= 0.3 is 0 Å². The molecule has 3 aromatic rings. The molecule has 134 valence electrons. The smallest absolute Gasteiger partial charge is 0.161 e. The number of amidine groups is 1. The highest BCUT2D eigenvalue weighted by atomic mass is 32.2. The molecular weight excluding hydrogens is 386 g/mol. The maximum absolute atomic E-state index is 7.67. The maximum atomic E-state index is 7.67. The summed E-state index contributed by atoms with van der Waals surface area (Å²) in [6.07, 6.45) is 2.91. The van der Waals surface area contributed by atoms with E-state index in [9.17, 15) is 0 Å². The lowest BCUT2D eigenvalue weighted by Gasteiger charge is -2.08. The zero-order valence-electron chi connectivity index (χ0n) is 14.1. The van der Waals surface area contributed by atoms with Crippen molar-refractivity contribution in [3.05, 3.63) is 34.5 Å². The Kier molecular flexibility index (Phi) is 4.88. The summed E-state index contributed by atoms with van der Waals surface area (Å²) in [6, 6.07) is 7.90. The van der Waals surface area contributed by atoms with Crippen molar-refractivity contribution in [1.82, 2.24) is 4.98 Å². The number of thiazole rings is 1. The zero-order valence-corrected chi connectivity index (χ0v) is 16.5. The molecule has 1 aliphatic rings. The molecule has 0 bridgehead atoms. The Morgan fingerprint density at radius 1 is 1.23 bits per heavy atom. The van der Waals surface area contributed by atoms with Crippen LogP contribution >= 0.6 is 34.4 Å². The summed E-state index contributed by atoms with van der Waals surface area (Å²) in [5, 5.41) is 10.6. The highest BCUT2D eigenvalue weighted by Gasteiger charge is 2.17. The Morgan fingerprint density at radius 3 is 2.81 bits per heavy atom. The molecule has 0 amide bonds. The molecule has 1 aliphatic heterocycles. The molecule has 0 fully saturated rings. The predicted octanol–water partition coefficient (Wildman–Crippen LogP) is 4.71. The second-order valence-corrected chi connectivity index (χ2v) is 8.66. The van der Waals surface area contributed by atoms with E-state index in [1.165, 1.54) is 11.3 Å². The van der Waals surface area contributed by atoms with Gasteiger partial charge in [-0.15, -0.1) is 34.4 Å². The molecule has 5 nitrogen and oxygen atoms in total. The van der Waals surface area contributed by atoms with E-state index in [-0.39, 0.29) is 5.84 Å². The van der Waals surface area contributed by atoms with Crippen molar-refractivity contribution in [2.24, 2.45) is 5.73 Å². The van der Waals surface area contributed by atoms with E-state index in [2.05, 4.69) is 0 Å². The van der Waals surface area contributed by atoms with Gasteiger partial charge in [0.1, 0.15) is 10.8 Å². The fraction of sp³-hybridized carbons (Fsp3) is 0.222. The van der Waals surface area contributed by atoms with Crippen LogP contribution in [0.15, 0.2) is 33.9 Å². The molecule has 26 heavy (non-hydrogen) atoms. The quantitative estimate of drug-likeness (QED) is 0.375. The number of fused-ring (bicyclic) bond motifs is 1. The third-order valence-corrected chi connectivity index (χ3v) is 7.11. The van der Waals surface area contributed by atoms with Gasteiger partial charge in [0.15, 0.2) is 11.5 Å². The third kappa shape index (κ3) is 3.32. The SMILES string of the molecule is CSc1sc(C(=N)N)cc1-c1nc(-c2ccc3c(c2)OCCCO3)cs1. The number of thiophene rings is 1. The lowest BCUT2D eigenvalue weighted by molar-refractivity contribution is 0.297. The molecule has 0 atom stereocenters. The van der Waals surface area contributed by atoms with E-state index in [0.717, 1.165) is 48.8 Å². The van der Waals surface area contributed by atoms with E-state index in [0.29, 0.717) is 13.2 Å². The molecule has 0 unspecified atom stereocenters. The molecule has 1 aromatic carbocycles. The minimum absolute atomic E-state index is 0.0937. The van der Waals surface area contributed by atoms with Crippen LogP contribution in [0.3, 0.4) is 0 Å². The van der Waals surface area contributed by atoms with Crippen LogP contribution in [0.2, 0.25) is 0 Å². The Morgan fingerprint density at radius 2 is 2.04 bits per heavy atom. The van der Waals surface area contributed by atoms with Gasteiger partial charge in [-0.3, -0.25) is 5.41 Å². The molecule has 2 aromatic heterocycles. The van der Waals surface area contributed by atoms with Gasteiger partial charge in [-0.2, -0.15) is 0 Å². The van der Waals surface area contributed by atoms with Crippen LogP contribution in [0.4, 0.5) is 0 Å². The second kappa shape index (κ2) is 7.30. The van der Waals surface area contributed by atoms with Gasteiger partial charge in [0.25, 0.3) is 0 Å². The molecule has 0 aliphatic carbocycles. The van der Waals surface area contributed by atoms with E-state index in [1.54, 1.807) is 23.1 Å². The molecule has 0 saturated carbocycles. The summed E-state index contributed by atoms with van der Waals surface area (Å²) < 4.78 is 12.6. The van der Waals surface area contributed by atoms with E-state index in [4.69, 9.17) is 25.6 Å². The zero-order chi connectivity index (χ0) is 18.1. The van der Waals surface area contributed by atoms with Crippen molar-refractivity contribution in [2.45, 2.75) is 10.6 Å². The largest absolute Gasteiger partial charge is 0.490 e. The van der Waals surface area contributed by atoms with Gasteiger partial charge in [0.05, 0.1) is 28.0 Å². The van der Waals surface area contributed by atoms with Gasteiger partial charge in [-0.25, -0.2) is 4.98 Å². The predicted molar refractivity (Wildman–Crippen MR) is 109 cm³/mol. The van der Waals surface area contributed by atoms with Crippen molar-refractivity contribution >= 4 is 40.3 Å². The van der Waals surface area contributed by atoms with E-state index in [1.807, 2.05) is 35.9 Å². The fourth-order valence-corrected chi connectivity index (χ4v) is 5.37. The topological polar surface area (TPSA) is 81.2 Å². The Bertz CT molecular complexity index is 964. The lowest BCUT2D eigenvalue weighted by atomic mass is 10.1. The number of thioether (sulfide) groups is 1.